The number of rotatable bonds is 3. The molecule has 0 fully saturated rings. The minimum absolute atomic E-state index is 0.164. The summed E-state index contributed by atoms with van der Waals surface area (Å²) in [7, 11) is 0. The van der Waals surface area contributed by atoms with Crippen LogP contribution in [0.2, 0.25) is 0 Å². The van der Waals surface area contributed by atoms with Gasteiger partial charge >= 0.3 is 5.97 Å². The van der Waals surface area contributed by atoms with E-state index in [9.17, 15) is 9.90 Å². The third-order valence-corrected chi connectivity index (χ3v) is 5.63. The predicted octanol–water partition coefficient (Wildman–Crippen LogP) is 3.48. The lowest BCUT2D eigenvalue weighted by Gasteiger charge is -2.29. The molecule has 22 heavy (non-hydrogen) atoms. The zero-order chi connectivity index (χ0) is 15.9. The Kier molecular flexibility index (Phi) is 3.78. The fraction of sp³-hybridized carbons (Fsp3) is 0.412. The average molecular weight is 316 g/mol. The fourth-order valence-corrected chi connectivity index (χ4v) is 4.33. The van der Waals surface area contributed by atoms with Crippen molar-refractivity contribution in [1.82, 2.24) is 4.98 Å². The van der Waals surface area contributed by atoms with Crippen molar-refractivity contribution in [2.75, 3.05) is 0 Å². The lowest BCUT2D eigenvalue weighted by atomic mass is 9.76. The van der Waals surface area contributed by atoms with Gasteiger partial charge in [0.1, 0.15) is 0 Å². The van der Waals surface area contributed by atoms with Crippen LogP contribution in [0.4, 0.5) is 0 Å². The molecule has 0 bridgehead atoms. The topological polar surface area (TPSA) is 76.2 Å². The summed E-state index contributed by atoms with van der Waals surface area (Å²) in [5, 5.41) is 9.71. The highest BCUT2D eigenvalue weighted by Crippen LogP contribution is 2.44. The Hall–Kier alpha value is -1.72. The second kappa shape index (κ2) is 5.48. The highest BCUT2D eigenvalue weighted by molar-refractivity contribution is 7.16. The van der Waals surface area contributed by atoms with Crippen LogP contribution in [0.5, 0.6) is 0 Å². The summed E-state index contributed by atoms with van der Waals surface area (Å²) in [6, 6.07) is 3.79. The Morgan fingerprint density at radius 3 is 2.82 bits per heavy atom. The van der Waals surface area contributed by atoms with E-state index < -0.39 is 5.97 Å². The molecule has 3 rings (SSSR count). The van der Waals surface area contributed by atoms with Gasteiger partial charge in [-0.2, -0.15) is 0 Å². The van der Waals surface area contributed by atoms with Gasteiger partial charge in [-0.3, -0.25) is 4.98 Å². The molecule has 0 amide bonds. The van der Waals surface area contributed by atoms with Gasteiger partial charge in [0.15, 0.2) is 0 Å². The lowest BCUT2D eigenvalue weighted by Crippen LogP contribution is -2.22. The summed E-state index contributed by atoms with van der Waals surface area (Å²) in [6.07, 6.45) is 4.62. The third-order valence-electron chi connectivity index (χ3n) is 4.28. The number of aromatic carboxylic acids is 1. The number of carbonyl (C=O) groups is 1. The molecule has 4 nitrogen and oxygen atoms in total. The van der Waals surface area contributed by atoms with Gasteiger partial charge in [0.05, 0.1) is 16.1 Å². The zero-order valence-electron chi connectivity index (χ0n) is 12.8. The van der Waals surface area contributed by atoms with Crippen LogP contribution in [-0.2, 0) is 19.4 Å². The molecule has 1 aliphatic carbocycles. The zero-order valence-corrected chi connectivity index (χ0v) is 13.7. The van der Waals surface area contributed by atoms with E-state index in [1.807, 2.05) is 12.1 Å². The number of pyridine rings is 1. The number of nitrogens with two attached hydrogens (primary N) is 1. The van der Waals surface area contributed by atoms with Crippen molar-refractivity contribution in [3.8, 4) is 10.4 Å². The van der Waals surface area contributed by atoms with Gasteiger partial charge in [-0.15, -0.1) is 11.3 Å². The molecule has 1 aliphatic rings. The molecule has 0 spiro atoms. The Morgan fingerprint density at radius 2 is 2.23 bits per heavy atom. The standard InChI is InChI=1S/C17H20N2O2S/c1-17(2)6-5-13-12(7-17)14(16(20)21)15(22-13)10-3-4-11(8-18)19-9-10/h3-4,9H,5-8,18H2,1-2H3,(H,20,21). The van der Waals surface area contributed by atoms with Gasteiger partial charge in [0, 0.05) is 23.2 Å². The third kappa shape index (κ3) is 2.66. The van der Waals surface area contributed by atoms with Crippen molar-refractivity contribution < 1.29 is 9.90 Å². The van der Waals surface area contributed by atoms with Crippen molar-refractivity contribution in [3.63, 3.8) is 0 Å². The molecule has 2 aromatic rings. The van der Waals surface area contributed by atoms with Crippen molar-refractivity contribution in [2.45, 2.75) is 39.7 Å². The second-order valence-electron chi connectivity index (χ2n) is 6.60. The summed E-state index contributed by atoms with van der Waals surface area (Å²) in [5.74, 6) is -0.840. The number of aromatic nitrogens is 1. The number of carboxylic acid groups (broad SMARTS) is 1. The number of hydrogen-bond acceptors (Lipinski definition) is 4. The molecule has 0 unspecified atom stereocenters. The summed E-state index contributed by atoms with van der Waals surface area (Å²) in [5.41, 5.74) is 8.90. The first-order chi connectivity index (χ1) is 10.4. The van der Waals surface area contributed by atoms with E-state index in [2.05, 4.69) is 18.8 Å². The molecule has 2 heterocycles. The number of thiophene rings is 1. The van der Waals surface area contributed by atoms with Crippen molar-refractivity contribution in [2.24, 2.45) is 11.1 Å². The van der Waals surface area contributed by atoms with Gasteiger partial charge in [-0.05, 0) is 36.3 Å². The first kappa shape index (κ1) is 15.2. The highest BCUT2D eigenvalue weighted by atomic mass is 32.1. The monoisotopic (exact) mass is 316 g/mol. The number of hydrogen-bond donors (Lipinski definition) is 2. The van der Waals surface area contributed by atoms with Crippen LogP contribution in [0.3, 0.4) is 0 Å². The number of nitrogens with zero attached hydrogens (tertiary/aromatic N) is 1. The Labute approximate surface area is 134 Å². The van der Waals surface area contributed by atoms with Gasteiger partial charge < -0.3 is 10.8 Å². The van der Waals surface area contributed by atoms with Crippen LogP contribution in [0.1, 0.15) is 46.8 Å². The van der Waals surface area contributed by atoms with Crippen LogP contribution in [0.15, 0.2) is 18.3 Å². The molecular formula is C17H20N2O2S. The van der Waals surface area contributed by atoms with Crippen LogP contribution in [0.25, 0.3) is 10.4 Å². The first-order valence-corrected chi connectivity index (χ1v) is 8.26. The molecule has 0 radical (unpaired) electrons. The van der Waals surface area contributed by atoms with E-state index in [1.165, 1.54) is 4.88 Å². The summed E-state index contributed by atoms with van der Waals surface area (Å²) in [6.45, 7) is 4.80. The maximum atomic E-state index is 11.8. The summed E-state index contributed by atoms with van der Waals surface area (Å²) < 4.78 is 0. The van der Waals surface area contributed by atoms with E-state index in [-0.39, 0.29) is 5.41 Å². The molecule has 0 aliphatic heterocycles. The predicted molar refractivity (Wildman–Crippen MR) is 88.2 cm³/mol. The smallest absolute Gasteiger partial charge is 0.337 e. The Morgan fingerprint density at radius 1 is 1.45 bits per heavy atom. The fourth-order valence-electron chi connectivity index (χ4n) is 3.03. The number of carboxylic acids is 1. The average Bonchev–Trinajstić information content (AvgIpc) is 2.84. The molecule has 0 atom stereocenters. The summed E-state index contributed by atoms with van der Waals surface area (Å²) in [4.78, 5) is 18.2. The van der Waals surface area contributed by atoms with Crippen molar-refractivity contribution in [1.29, 1.82) is 0 Å². The number of aryl methyl sites for hydroxylation is 1. The molecule has 2 aromatic heterocycles. The van der Waals surface area contributed by atoms with Gasteiger partial charge in [0.2, 0.25) is 0 Å². The molecule has 0 aromatic carbocycles. The highest BCUT2D eigenvalue weighted by Gasteiger charge is 2.32. The van der Waals surface area contributed by atoms with Crippen LogP contribution in [0, 0.1) is 5.41 Å². The van der Waals surface area contributed by atoms with Crippen LogP contribution in [-0.4, -0.2) is 16.1 Å². The largest absolute Gasteiger partial charge is 0.478 e. The molecule has 0 saturated heterocycles. The van der Waals surface area contributed by atoms with Crippen molar-refractivity contribution >= 4 is 17.3 Å². The normalized spacial score (nSPS) is 16.3. The Balaban J connectivity index is 2.12. The maximum absolute atomic E-state index is 11.8. The van der Waals surface area contributed by atoms with Gasteiger partial charge in [0.25, 0.3) is 0 Å². The lowest BCUT2D eigenvalue weighted by molar-refractivity contribution is 0.0696. The second-order valence-corrected chi connectivity index (χ2v) is 7.70. The summed E-state index contributed by atoms with van der Waals surface area (Å²) >= 11 is 1.61. The molecule has 116 valence electrons. The minimum Gasteiger partial charge on any atom is -0.478 e. The van der Waals surface area contributed by atoms with Crippen LogP contribution >= 0.6 is 11.3 Å². The minimum atomic E-state index is -0.840. The van der Waals surface area contributed by atoms with E-state index in [0.29, 0.717) is 12.1 Å². The van der Waals surface area contributed by atoms with E-state index in [1.54, 1.807) is 17.5 Å². The first-order valence-electron chi connectivity index (χ1n) is 7.44. The molecule has 5 heteroatoms. The molecule has 3 N–H and O–H groups in total. The van der Waals surface area contributed by atoms with Crippen LogP contribution < -0.4 is 5.73 Å². The van der Waals surface area contributed by atoms with E-state index in [0.717, 1.165) is 41.0 Å². The van der Waals surface area contributed by atoms with Gasteiger partial charge in [-0.1, -0.05) is 19.9 Å². The van der Waals surface area contributed by atoms with Crippen molar-refractivity contribution in [3.05, 3.63) is 40.0 Å². The Bertz CT molecular complexity index is 717. The van der Waals surface area contributed by atoms with Gasteiger partial charge in [-0.25, -0.2) is 4.79 Å². The molecular weight excluding hydrogens is 296 g/mol. The maximum Gasteiger partial charge on any atom is 0.337 e. The van der Waals surface area contributed by atoms with E-state index in [4.69, 9.17) is 5.73 Å². The quantitative estimate of drug-likeness (QED) is 0.909. The molecule has 0 saturated carbocycles. The number of fused-ring (bicyclic) bond motifs is 1. The van der Waals surface area contributed by atoms with E-state index >= 15 is 0 Å². The SMILES string of the molecule is CC1(C)CCc2sc(-c3ccc(CN)nc3)c(C(=O)O)c2C1.